The molecule has 20 heavy (non-hydrogen) atoms. The van der Waals surface area contributed by atoms with Gasteiger partial charge in [0.05, 0.1) is 4.92 Å². The first-order chi connectivity index (χ1) is 9.47. The molecule has 0 aliphatic rings. The maximum absolute atomic E-state index is 13.8. The maximum Gasteiger partial charge on any atom is 0.269 e. The van der Waals surface area contributed by atoms with Gasteiger partial charge in [-0.1, -0.05) is 50.1 Å². The van der Waals surface area contributed by atoms with Gasteiger partial charge in [0.1, 0.15) is 5.82 Å². The fourth-order valence-corrected chi connectivity index (χ4v) is 2.90. The van der Waals surface area contributed by atoms with Crippen LogP contribution in [-0.4, -0.2) is 4.92 Å². The number of rotatable bonds is 4. The minimum Gasteiger partial charge on any atom is -0.258 e. The van der Waals surface area contributed by atoms with Crippen LogP contribution in [-0.2, 0) is 6.42 Å². The first-order valence-electron chi connectivity index (χ1n) is 5.79. The van der Waals surface area contributed by atoms with Crippen molar-refractivity contribution >= 4 is 37.5 Å². The van der Waals surface area contributed by atoms with Crippen LogP contribution in [0.1, 0.15) is 16.0 Å². The third-order valence-corrected chi connectivity index (χ3v) is 4.17. The lowest BCUT2D eigenvalue weighted by molar-refractivity contribution is -0.384. The summed E-state index contributed by atoms with van der Waals surface area (Å²) < 4.78 is 14.5. The van der Waals surface area contributed by atoms with Gasteiger partial charge >= 0.3 is 0 Å². The smallest absolute Gasteiger partial charge is 0.258 e. The summed E-state index contributed by atoms with van der Waals surface area (Å²) in [6, 6.07) is 11.2. The summed E-state index contributed by atoms with van der Waals surface area (Å²) in [7, 11) is 0. The molecule has 0 radical (unpaired) electrons. The summed E-state index contributed by atoms with van der Waals surface area (Å²) in [6.07, 6.45) is 0.552. The number of alkyl halides is 1. The fraction of sp³-hybridized carbons (Fsp3) is 0.143. The lowest BCUT2D eigenvalue weighted by Crippen LogP contribution is -1.99. The van der Waals surface area contributed by atoms with Crippen molar-refractivity contribution in [3.63, 3.8) is 0 Å². The van der Waals surface area contributed by atoms with Crippen molar-refractivity contribution in [2.45, 2.75) is 11.2 Å². The Hall–Kier alpha value is -1.27. The molecule has 0 amide bonds. The zero-order valence-electron chi connectivity index (χ0n) is 10.2. The van der Waals surface area contributed by atoms with Gasteiger partial charge in [-0.15, -0.1) is 0 Å². The van der Waals surface area contributed by atoms with Crippen LogP contribution in [0.15, 0.2) is 46.9 Å². The van der Waals surface area contributed by atoms with Gasteiger partial charge in [-0.25, -0.2) is 4.39 Å². The first-order valence-corrected chi connectivity index (χ1v) is 7.50. The summed E-state index contributed by atoms with van der Waals surface area (Å²) in [4.78, 5) is 9.95. The molecule has 0 aliphatic carbocycles. The van der Waals surface area contributed by atoms with Gasteiger partial charge in [0, 0.05) is 27.0 Å². The Kier molecular flexibility index (Phi) is 4.88. The molecule has 0 aliphatic heterocycles. The minimum absolute atomic E-state index is 0.0506. The standard InChI is InChI=1S/C14H10Br2FNO2/c15-10-3-6-12(14(17)8-10)13(16)7-9-1-4-11(5-2-9)18(19)20/h1-6,8,13H,7H2. The van der Waals surface area contributed by atoms with Crippen LogP contribution < -0.4 is 0 Å². The zero-order chi connectivity index (χ0) is 14.7. The van der Waals surface area contributed by atoms with Crippen molar-refractivity contribution in [2.24, 2.45) is 0 Å². The highest BCUT2D eigenvalue weighted by Gasteiger charge is 2.14. The highest BCUT2D eigenvalue weighted by Crippen LogP contribution is 2.30. The molecule has 0 bridgehead atoms. The van der Waals surface area contributed by atoms with Gasteiger partial charge in [0.2, 0.25) is 0 Å². The number of hydrogen-bond acceptors (Lipinski definition) is 2. The lowest BCUT2D eigenvalue weighted by Gasteiger charge is -2.11. The molecule has 3 nitrogen and oxygen atoms in total. The molecule has 2 rings (SSSR count). The zero-order valence-corrected chi connectivity index (χ0v) is 13.4. The van der Waals surface area contributed by atoms with Gasteiger partial charge < -0.3 is 0 Å². The Labute approximate surface area is 132 Å². The molecule has 1 atom stereocenters. The molecule has 6 heteroatoms. The predicted molar refractivity (Wildman–Crippen MR) is 82.6 cm³/mol. The molecular formula is C14H10Br2FNO2. The molecule has 0 N–H and O–H groups in total. The van der Waals surface area contributed by atoms with Gasteiger partial charge in [0.15, 0.2) is 0 Å². The quantitative estimate of drug-likeness (QED) is 0.402. The number of non-ortho nitro benzene ring substituents is 1. The molecule has 2 aromatic rings. The number of benzene rings is 2. The first kappa shape index (κ1) is 15.1. The van der Waals surface area contributed by atoms with E-state index < -0.39 is 4.92 Å². The fourth-order valence-electron chi connectivity index (χ4n) is 1.83. The van der Waals surface area contributed by atoms with E-state index >= 15 is 0 Å². The van der Waals surface area contributed by atoms with Crippen LogP contribution >= 0.6 is 31.9 Å². The second kappa shape index (κ2) is 6.45. The highest BCUT2D eigenvalue weighted by atomic mass is 79.9. The molecule has 0 spiro atoms. The molecule has 1 unspecified atom stereocenters. The minimum atomic E-state index is -0.441. The largest absolute Gasteiger partial charge is 0.269 e. The van der Waals surface area contributed by atoms with Crippen LogP contribution in [0, 0.1) is 15.9 Å². The van der Waals surface area contributed by atoms with Crippen LogP contribution in [0.25, 0.3) is 0 Å². The average molecular weight is 403 g/mol. The summed E-state index contributed by atoms with van der Waals surface area (Å²) in [5.74, 6) is -0.289. The maximum atomic E-state index is 13.8. The molecular weight excluding hydrogens is 393 g/mol. The molecule has 0 saturated carbocycles. The summed E-state index contributed by atoms with van der Waals surface area (Å²) in [6.45, 7) is 0. The lowest BCUT2D eigenvalue weighted by atomic mass is 10.0. The van der Waals surface area contributed by atoms with Gasteiger partial charge in [-0.2, -0.15) is 0 Å². The van der Waals surface area contributed by atoms with Crippen LogP contribution in [0.2, 0.25) is 0 Å². The van der Waals surface area contributed by atoms with Crippen molar-refractivity contribution < 1.29 is 9.31 Å². The number of hydrogen-bond donors (Lipinski definition) is 0. The number of nitrogens with zero attached hydrogens (tertiary/aromatic N) is 1. The molecule has 0 fully saturated rings. The summed E-state index contributed by atoms with van der Waals surface area (Å²) in [5.41, 5.74) is 1.51. The summed E-state index contributed by atoms with van der Waals surface area (Å²) >= 11 is 6.67. The van der Waals surface area contributed by atoms with Gasteiger partial charge in [-0.05, 0) is 24.1 Å². The van der Waals surface area contributed by atoms with E-state index in [9.17, 15) is 14.5 Å². The van der Waals surface area contributed by atoms with Gasteiger partial charge in [0.25, 0.3) is 5.69 Å². The second-order valence-electron chi connectivity index (χ2n) is 4.26. The molecule has 2 aromatic carbocycles. The third kappa shape index (κ3) is 3.64. The van der Waals surface area contributed by atoms with Crippen LogP contribution in [0.4, 0.5) is 10.1 Å². The second-order valence-corrected chi connectivity index (χ2v) is 6.28. The van der Waals surface area contributed by atoms with E-state index in [1.165, 1.54) is 18.2 Å². The van der Waals surface area contributed by atoms with Crippen molar-refractivity contribution in [2.75, 3.05) is 0 Å². The SMILES string of the molecule is O=[N+]([O-])c1ccc(CC(Br)c2ccc(Br)cc2F)cc1. The third-order valence-electron chi connectivity index (χ3n) is 2.86. The van der Waals surface area contributed by atoms with E-state index in [0.29, 0.717) is 16.5 Å². The van der Waals surface area contributed by atoms with E-state index in [1.807, 2.05) is 0 Å². The average Bonchev–Trinajstić information content (AvgIpc) is 2.39. The van der Waals surface area contributed by atoms with Crippen LogP contribution in [0.3, 0.4) is 0 Å². The molecule has 0 aromatic heterocycles. The van der Waals surface area contributed by atoms with Crippen molar-refractivity contribution in [3.8, 4) is 0 Å². The highest BCUT2D eigenvalue weighted by molar-refractivity contribution is 9.10. The van der Waals surface area contributed by atoms with E-state index in [0.717, 1.165) is 5.56 Å². The Morgan fingerprint density at radius 1 is 1.20 bits per heavy atom. The molecule has 0 saturated heterocycles. The van der Waals surface area contributed by atoms with Crippen molar-refractivity contribution in [3.05, 3.63) is 74.0 Å². The van der Waals surface area contributed by atoms with Crippen LogP contribution in [0.5, 0.6) is 0 Å². The van der Waals surface area contributed by atoms with Gasteiger partial charge in [-0.3, -0.25) is 10.1 Å². The number of halogens is 3. The van der Waals surface area contributed by atoms with Crippen molar-refractivity contribution in [1.29, 1.82) is 0 Å². The van der Waals surface area contributed by atoms with Crippen molar-refractivity contribution in [1.82, 2.24) is 0 Å². The Balaban J connectivity index is 2.14. The Bertz CT molecular complexity index is 632. The monoisotopic (exact) mass is 401 g/mol. The predicted octanol–water partition coefficient (Wildman–Crippen LogP) is 5.18. The van der Waals surface area contributed by atoms with E-state index in [1.54, 1.807) is 24.3 Å². The summed E-state index contributed by atoms with van der Waals surface area (Å²) in [5, 5.41) is 10.6. The molecule has 104 valence electrons. The Morgan fingerprint density at radius 3 is 2.40 bits per heavy atom. The van der Waals surface area contributed by atoms with E-state index in [4.69, 9.17) is 0 Å². The number of nitro groups is 1. The van der Waals surface area contributed by atoms with E-state index in [2.05, 4.69) is 31.9 Å². The number of nitro benzene ring substituents is 1. The Morgan fingerprint density at radius 2 is 1.85 bits per heavy atom. The normalized spacial score (nSPS) is 12.2. The van der Waals surface area contributed by atoms with E-state index in [-0.39, 0.29) is 16.3 Å². The molecule has 0 heterocycles. The topological polar surface area (TPSA) is 43.1 Å².